The van der Waals surface area contributed by atoms with Crippen LogP contribution in [0.2, 0.25) is 0 Å². The van der Waals surface area contributed by atoms with Gasteiger partial charge in [0.05, 0.1) is 0 Å². The topological polar surface area (TPSA) is 49.3 Å². The van der Waals surface area contributed by atoms with Crippen LogP contribution in [0.4, 0.5) is 5.69 Å². The summed E-state index contributed by atoms with van der Waals surface area (Å²) >= 11 is 1.76. The van der Waals surface area contributed by atoms with Gasteiger partial charge in [0, 0.05) is 21.9 Å². The van der Waals surface area contributed by atoms with E-state index in [-0.39, 0.29) is 0 Å². The van der Waals surface area contributed by atoms with Gasteiger partial charge in [-0.1, -0.05) is 49.9 Å². The first-order valence-corrected chi connectivity index (χ1v) is 8.73. The van der Waals surface area contributed by atoms with E-state index >= 15 is 0 Å². The summed E-state index contributed by atoms with van der Waals surface area (Å²) in [7, 11) is 0. The number of fused-ring (bicyclic) bond motifs is 2. The molecule has 1 heterocycles. The molecule has 0 unspecified atom stereocenters. The molecule has 1 atom stereocenters. The SMILES string of the molecule is CC(C)C[C@H](Nc1cccc2c1Cc1ccccc1S2)C(=O)O. The van der Waals surface area contributed by atoms with Gasteiger partial charge in [-0.05, 0) is 41.7 Å². The monoisotopic (exact) mass is 327 g/mol. The summed E-state index contributed by atoms with van der Waals surface area (Å²) in [6.07, 6.45) is 1.46. The van der Waals surface area contributed by atoms with Gasteiger partial charge in [-0.3, -0.25) is 0 Å². The molecule has 0 bridgehead atoms. The van der Waals surface area contributed by atoms with Gasteiger partial charge in [0.1, 0.15) is 6.04 Å². The highest BCUT2D eigenvalue weighted by Gasteiger charge is 2.23. The molecule has 0 spiro atoms. The molecule has 0 aromatic heterocycles. The van der Waals surface area contributed by atoms with Crippen LogP contribution in [0.15, 0.2) is 52.3 Å². The minimum absolute atomic E-state index is 0.332. The molecule has 2 N–H and O–H groups in total. The number of benzene rings is 2. The molecule has 0 aliphatic carbocycles. The number of carboxylic acids is 1. The molecule has 1 aliphatic heterocycles. The van der Waals surface area contributed by atoms with E-state index in [0.717, 1.165) is 12.1 Å². The van der Waals surface area contributed by atoms with Crippen molar-refractivity contribution in [2.24, 2.45) is 5.92 Å². The molecular formula is C19H21NO2S. The van der Waals surface area contributed by atoms with Crippen LogP contribution in [-0.2, 0) is 11.2 Å². The Bertz CT molecular complexity index is 727. The molecule has 1 aliphatic rings. The van der Waals surface area contributed by atoms with Gasteiger partial charge in [-0.25, -0.2) is 4.79 Å². The number of aliphatic carboxylic acids is 1. The van der Waals surface area contributed by atoms with Crippen molar-refractivity contribution >= 4 is 23.4 Å². The quantitative estimate of drug-likeness (QED) is 0.716. The summed E-state index contributed by atoms with van der Waals surface area (Å²) in [6, 6.07) is 13.9. The highest BCUT2D eigenvalue weighted by atomic mass is 32.2. The van der Waals surface area contributed by atoms with Crippen LogP contribution in [0.3, 0.4) is 0 Å². The average Bonchev–Trinajstić information content (AvgIpc) is 2.52. The molecule has 0 saturated heterocycles. The molecule has 0 amide bonds. The number of rotatable bonds is 5. The molecule has 23 heavy (non-hydrogen) atoms. The van der Waals surface area contributed by atoms with E-state index in [9.17, 15) is 9.90 Å². The van der Waals surface area contributed by atoms with Crippen LogP contribution in [0.25, 0.3) is 0 Å². The molecule has 0 radical (unpaired) electrons. The molecule has 0 saturated carbocycles. The number of hydrogen-bond donors (Lipinski definition) is 2. The van der Waals surface area contributed by atoms with Crippen molar-refractivity contribution in [3.05, 3.63) is 53.6 Å². The van der Waals surface area contributed by atoms with Crippen molar-refractivity contribution in [3.8, 4) is 0 Å². The van der Waals surface area contributed by atoms with Gasteiger partial charge in [-0.2, -0.15) is 0 Å². The Morgan fingerprint density at radius 1 is 1.17 bits per heavy atom. The Kier molecular flexibility index (Phi) is 4.62. The fraction of sp³-hybridized carbons (Fsp3) is 0.316. The van der Waals surface area contributed by atoms with Gasteiger partial charge < -0.3 is 10.4 Å². The minimum Gasteiger partial charge on any atom is -0.480 e. The lowest BCUT2D eigenvalue weighted by Crippen LogP contribution is -2.31. The third-order valence-corrected chi connectivity index (χ3v) is 5.25. The summed E-state index contributed by atoms with van der Waals surface area (Å²) in [5.41, 5.74) is 3.44. The number of nitrogens with one attached hydrogen (secondary N) is 1. The van der Waals surface area contributed by atoms with Crippen molar-refractivity contribution in [2.45, 2.75) is 42.5 Å². The predicted octanol–water partition coefficient (Wildman–Crippen LogP) is 4.65. The molecule has 0 fully saturated rings. The van der Waals surface area contributed by atoms with Crippen molar-refractivity contribution in [3.63, 3.8) is 0 Å². The second-order valence-corrected chi connectivity index (χ2v) is 7.42. The highest BCUT2D eigenvalue weighted by Crippen LogP contribution is 2.42. The van der Waals surface area contributed by atoms with E-state index in [1.54, 1.807) is 11.8 Å². The van der Waals surface area contributed by atoms with Crippen LogP contribution in [-0.4, -0.2) is 17.1 Å². The minimum atomic E-state index is -0.792. The molecule has 120 valence electrons. The third-order valence-electron chi connectivity index (χ3n) is 4.03. The fourth-order valence-electron chi connectivity index (χ4n) is 2.92. The van der Waals surface area contributed by atoms with E-state index in [1.165, 1.54) is 20.9 Å². The van der Waals surface area contributed by atoms with Gasteiger partial charge in [-0.15, -0.1) is 0 Å². The van der Waals surface area contributed by atoms with Gasteiger partial charge in [0.15, 0.2) is 0 Å². The molecule has 2 aromatic rings. The number of anilines is 1. The Morgan fingerprint density at radius 2 is 1.91 bits per heavy atom. The normalized spacial score (nSPS) is 14.0. The maximum absolute atomic E-state index is 11.5. The summed E-state index contributed by atoms with van der Waals surface area (Å²) in [4.78, 5) is 14.0. The zero-order chi connectivity index (χ0) is 16.4. The molecule has 4 heteroatoms. The fourth-order valence-corrected chi connectivity index (χ4v) is 4.02. The van der Waals surface area contributed by atoms with Crippen LogP contribution in [0, 0.1) is 5.92 Å². The lowest BCUT2D eigenvalue weighted by molar-refractivity contribution is -0.138. The molecule has 3 nitrogen and oxygen atoms in total. The number of carbonyl (C=O) groups is 1. The van der Waals surface area contributed by atoms with Gasteiger partial charge >= 0.3 is 5.97 Å². The molecule has 3 rings (SSSR count). The zero-order valence-corrected chi connectivity index (χ0v) is 14.2. The standard InChI is InChI=1S/C19H21NO2S/c1-12(2)10-16(19(21)22)20-15-7-5-9-18-14(15)11-13-6-3-4-8-17(13)23-18/h3-9,12,16,20H,10-11H2,1-2H3,(H,21,22)/t16-/m0/s1. The largest absolute Gasteiger partial charge is 0.480 e. The Balaban J connectivity index is 1.89. The van der Waals surface area contributed by atoms with E-state index in [1.807, 2.05) is 26.0 Å². The number of carboxylic acid groups (broad SMARTS) is 1. The second-order valence-electron chi connectivity index (χ2n) is 6.33. The summed E-state index contributed by atoms with van der Waals surface area (Å²) < 4.78 is 0. The smallest absolute Gasteiger partial charge is 0.326 e. The van der Waals surface area contributed by atoms with Crippen molar-refractivity contribution in [1.29, 1.82) is 0 Å². The molecular weight excluding hydrogens is 306 g/mol. The van der Waals surface area contributed by atoms with Crippen LogP contribution < -0.4 is 5.32 Å². The van der Waals surface area contributed by atoms with E-state index in [4.69, 9.17) is 0 Å². The Hall–Kier alpha value is -1.94. The first-order valence-electron chi connectivity index (χ1n) is 7.91. The Morgan fingerprint density at radius 3 is 2.65 bits per heavy atom. The summed E-state index contributed by atoms with van der Waals surface area (Å²) in [6.45, 7) is 4.09. The van der Waals surface area contributed by atoms with Crippen LogP contribution in [0.5, 0.6) is 0 Å². The van der Waals surface area contributed by atoms with E-state index in [2.05, 4.69) is 35.6 Å². The number of hydrogen-bond acceptors (Lipinski definition) is 3. The second kappa shape index (κ2) is 6.67. The zero-order valence-electron chi connectivity index (χ0n) is 13.4. The van der Waals surface area contributed by atoms with E-state index in [0.29, 0.717) is 12.3 Å². The lowest BCUT2D eigenvalue weighted by atomic mass is 10.00. The van der Waals surface area contributed by atoms with Gasteiger partial charge in [0.2, 0.25) is 0 Å². The maximum Gasteiger partial charge on any atom is 0.326 e. The lowest BCUT2D eigenvalue weighted by Gasteiger charge is -2.24. The first-order chi connectivity index (χ1) is 11.0. The van der Waals surface area contributed by atoms with Crippen LogP contribution >= 0.6 is 11.8 Å². The van der Waals surface area contributed by atoms with Gasteiger partial charge in [0.25, 0.3) is 0 Å². The van der Waals surface area contributed by atoms with Crippen molar-refractivity contribution in [1.82, 2.24) is 0 Å². The Labute approximate surface area is 141 Å². The maximum atomic E-state index is 11.5. The average molecular weight is 327 g/mol. The van der Waals surface area contributed by atoms with E-state index < -0.39 is 12.0 Å². The third kappa shape index (κ3) is 3.53. The van der Waals surface area contributed by atoms with Crippen LogP contribution in [0.1, 0.15) is 31.4 Å². The highest BCUT2D eigenvalue weighted by molar-refractivity contribution is 7.99. The van der Waals surface area contributed by atoms with Crippen molar-refractivity contribution in [2.75, 3.05) is 5.32 Å². The summed E-state index contributed by atoms with van der Waals surface area (Å²) in [5, 5.41) is 12.7. The predicted molar refractivity (Wildman–Crippen MR) is 94.3 cm³/mol. The first kappa shape index (κ1) is 15.9. The summed E-state index contributed by atoms with van der Waals surface area (Å²) in [5.74, 6) is -0.460. The molecule has 2 aromatic carbocycles. The van der Waals surface area contributed by atoms with Crippen molar-refractivity contribution < 1.29 is 9.90 Å².